The number of benzene rings is 2. The molecule has 0 aliphatic rings. The number of amides is 1. The fourth-order valence-corrected chi connectivity index (χ4v) is 3.88. The third-order valence-corrected chi connectivity index (χ3v) is 5.90. The topological polar surface area (TPSA) is 83.4 Å². The van der Waals surface area contributed by atoms with Crippen molar-refractivity contribution in [3.8, 4) is 0 Å². The molecular formula is C26H29N5O2. The maximum atomic E-state index is 13.6. The second-order valence-corrected chi connectivity index (χ2v) is 8.46. The average Bonchev–Trinajstić information content (AvgIpc) is 3.22. The van der Waals surface area contributed by atoms with E-state index in [9.17, 15) is 9.59 Å². The molecule has 4 aromatic rings. The van der Waals surface area contributed by atoms with Crippen LogP contribution < -0.4 is 10.5 Å². The highest BCUT2D eigenvalue weighted by atomic mass is 16.2. The van der Waals surface area contributed by atoms with Crippen LogP contribution in [0.2, 0.25) is 0 Å². The van der Waals surface area contributed by atoms with Gasteiger partial charge in [0.25, 0.3) is 17.2 Å². The minimum atomic E-state index is -0.191. The van der Waals surface area contributed by atoms with Crippen LogP contribution >= 0.6 is 0 Å². The van der Waals surface area contributed by atoms with Crippen molar-refractivity contribution in [3.63, 3.8) is 0 Å². The molecule has 0 unspecified atom stereocenters. The van der Waals surface area contributed by atoms with E-state index in [0.29, 0.717) is 35.7 Å². The summed E-state index contributed by atoms with van der Waals surface area (Å²) >= 11 is 0. The number of aryl methyl sites for hydroxylation is 3. The Kier molecular flexibility index (Phi) is 6.40. The van der Waals surface area contributed by atoms with Gasteiger partial charge in [0.1, 0.15) is 0 Å². The molecule has 33 heavy (non-hydrogen) atoms. The van der Waals surface area contributed by atoms with E-state index >= 15 is 0 Å². The van der Waals surface area contributed by atoms with E-state index in [4.69, 9.17) is 0 Å². The number of nitrogens with one attached hydrogen (secondary N) is 1. The Hall–Kier alpha value is -3.74. The molecule has 0 fully saturated rings. The van der Waals surface area contributed by atoms with E-state index in [-0.39, 0.29) is 17.2 Å². The van der Waals surface area contributed by atoms with Gasteiger partial charge in [-0.2, -0.15) is 9.50 Å². The number of hydrogen-bond acceptors (Lipinski definition) is 4. The first-order valence-corrected chi connectivity index (χ1v) is 11.3. The molecule has 0 spiro atoms. The lowest BCUT2D eigenvalue weighted by molar-refractivity contribution is 0.0983. The minimum absolute atomic E-state index is 0.164. The molecule has 0 saturated heterocycles. The van der Waals surface area contributed by atoms with Crippen molar-refractivity contribution in [2.75, 3.05) is 4.90 Å². The van der Waals surface area contributed by atoms with Gasteiger partial charge in [0.2, 0.25) is 5.95 Å². The molecule has 170 valence electrons. The van der Waals surface area contributed by atoms with Crippen LogP contribution in [0.15, 0.2) is 53.3 Å². The first-order valence-electron chi connectivity index (χ1n) is 11.3. The van der Waals surface area contributed by atoms with Crippen molar-refractivity contribution >= 4 is 17.6 Å². The first-order chi connectivity index (χ1) is 15.9. The molecule has 4 rings (SSSR count). The summed E-state index contributed by atoms with van der Waals surface area (Å²) in [5.74, 6) is 0.364. The predicted octanol–water partition coefficient (Wildman–Crippen LogP) is 4.53. The van der Waals surface area contributed by atoms with Gasteiger partial charge in [-0.25, -0.2) is 4.98 Å². The summed E-state index contributed by atoms with van der Waals surface area (Å²) < 4.78 is 1.35. The van der Waals surface area contributed by atoms with Crippen molar-refractivity contribution in [2.45, 2.75) is 53.5 Å². The number of rotatable bonds is 7. The van der Waals surface area contributed by atoms with Crippen LogP contribution in [-0.2, 0) is 13.0 Å². The zero-order valence-corrected chi connectivity index (χ0v) is 19.6. The Bertz CT molecular complexity index is 1350. The molecule has 0 radical (unpaired) electrons. The number of aromatic nitrogens is 4. The molecule has 0 saturated carbocycles. The third kappa shape index (κ3) is 4.58. The summed E-state index contributed by atoms with van der Waals surface area (Å²) in [7, 11) is 0. The molecule has 1 N–H and O–H groups in total. The highest BCUT2D eigenvalue weighted by Gasteiger charge is 2.24. The number of anilines is 1. The smallest absolute Gasteiger partial charge is 0.272 e. The number of fused-ring (bicyclic) bond motifs is 1. The number of aromatic amines is 1. The van der Waals surface area contributed by atoms with Gasteiger partial charge in [-0.1, -0.05) is 61.4 Å². The largest absolute Gasteiger partial charge is 0.277 e. The van der Waals surface area contributed by atoms with Gasteiger partial charge in [-0.05, 0) is 50.8 Å². The SMILES string of the molecule is CCCCc1c(C)nc2nc(N(Cc3ccc(C)cc3)C(=O)c3ccccc3C)[nH]n2c1=O. The van der Waals surface area contributed by atoms with Gasteiger partial charge in [0.15, 0.2) is 0 Å². The minimum Gasteiger partial charge on any atom is -0.272 e. The van der Waals surface area contributed by atoms with Crippen molar-refractivity contribution in [2.24, 2.45) is 0 Å². The molecular weight excluding hydrogens is 414 g/mol. The summed E-state index contributed by atoms with van der Waals surface area (Å²) in [5.41, 5.74) is 4.77. The molecule has 0 aliphatic carbocycles. The maximum Gasteiger partial charge on any atom is 0.277 e. The Morgan fingerprint density at radius 3 is 2.45 bits per heavy atom. The first kappa shape index (κ1) is 22.5. The van der Waals surface area contributed by atoms with E-state index in [1.807, 2.05) is 63.2 Å². The summed E-state index contributed by atoms with van der Waals surface area (Å²) in [6.07, 6.45) is 2.57. The zero-order valence-electron chi connectivity index (χ0n) is 19.6. The van der Waals surface area contributed by atoms with E-state index < -0.39 is 0 Å². The summed E-state index contributed by atoms with van der Waals surface area (Å²) in [4.78, 5) is 37.4. The Morgan fingerprint density at radius 2 is 1.76 bits per heavy atom. The third-order valence-electron chi connectivity index (χ3n) is 5.90. The van der Waals surface area contributed by atoms with Crippen LogP contribution in [0.3, 0.4) is 0 Å². The van der Waals surface area contributed by atoms with Gasteiger partial charge >= 0.3 is 0 Å². The Morgan fingerprint density at radius 1 is 1.03 bits per heavy atom. The summed E-state index contributed by atoms with van der Waals surface area (Å²) in [6, 6.07) is 15.5. The van der Waals surface area contributed by atoms with Gasteiger partial charge in [0.05, 0.1) is 12.2 Å². The summed E-state index contributed by atoms with van der Waals surface area (Å²) in [5, 5.41) is 3.05. The van der Waals surface area contributed by atoms with Crippen molar-refractivity contribution in [1.29, 1.82) is 0 Å². The average molecular weight is 444 g/mol. The molecule has 0 atom stereocenters. The molecule has 2 aromatic heterocycles. The molecule has 2 aromatic carbocycles. The van der Waals surface area contributed by atoms with Crippen LogP contribution in [0.5, 0.6) is 0 Å². The Labute approximate surface area is 193 Å². The number of carbonyl (C=O) groups excluding carboxylic acids is 1. The van der Waals surface area contributed by atoms with E-state index in [1.165, 1.54) is 4.52 Å². The van der Waals surface area contributed by atoms with E-state index in [0.717, 1.165) is 29.5 Å². The monoisotopic (exact) mass is 443 g/mol. The maximum absolute atomic E-state index is 13.6. The van der Waals surface area contributed by atoms with Gasteiger partial charge in [-0.15, -0.1) is 0 Å². The van der Waals surface area contributed by atoms with Crippen molar-refractivity contribution in [3.05, 3.63) is 92.4 Å². The normalized spacial score (nSPS) is 11.2. The molecule has 2 heterocycles. The second kappa shape index (κ2) is 9.40. The second-order valence-electron chi connectivity index (χ2n) is 8.46. The number of carbonyl (C=O) groups is 1. The zero-order chi connectivity index (χ0) is 23.5. The highest BCUT2D eigenvalue weighted by molar-refractivity contribution is 6.06. The van der Waals surface area contributed by atoms with E-state index in [1.54, 1.807) is 11.0 Å². The molecule has 0 bridgehead atoms. The van der Waals surface area contributed by atoms with E-state index in [2.05, 4.69) is 22.0 Å². The molecule has 7 heteroatoms. The highest BCUT2D eigenvalue weighted by Crippen LogP contribution is 2.20. The Balaban J connectivity index is 1.81. The fraction of sp³-hybridized carbons (Fsp3) is 0.308. The number of nitrogens with zero attached hydrogens (tertiary/aromatic N) is 4. The van der Waals surface area contributed by atoms with Crippen molar-refractivity contribution in [1.82, 2.24) is 19.6 Å². The number of hydrogen-bond donors (Lipinski definition) is 1. The van der Waals surface area contributed by atoms with Crippen molar-refractivity contribution < 1.29 is 4.79 Å². The lowest BCUT2D eigenvalue weighted by atomic mass is 10.1. The molecule has 1 amide bonds. The van der Waals surface area contributed by atoms with Gasteiger partial charge < -0.3 is 0 Å². The standard InChI is InChI=1S/C26H29N5O2/c1-5-6-10-22-19(4)27-25-28-26(29-31(25)24(22)33)30(16-20-14-12-17(2)13-15-20)23(32)21-11-8-7-9-18(21)3/h7-9,11-15H,5-6,10,16H2,1-4H3,(H,27,28,29). The van der Waals surface area contributed by atoms with Crippen LogP contribution in [0.1, 0.15) is 58.1 Å². The van der Waals surface area contributed by atoms with Gasteiger partial charge in [-0.3, -0.25) is 19.6 Å². The fourth-order valence-electron chi connectivity index (χ4n) is 3.88. The molecule has 7 nitrogen and oxygen atoms in total. The van der Waals surface area contributed by atoms with Gasteiger partial charge in [0, 0.05) is 11.1 Å². The van der Waals surface area contributed by atoms with Crippen LogP contribution in [-0.4, -0.2) is 25.5 Å². The van der Waals surface area contributed by atoms with Crippen LogP contribution in [0.25, 0.3) is 5.78 Å². The lowest BCUT2D eigenvalue weighted by Gasteiger charge is -2.21. The van der Waals surface area contributed by atoms with Crippen LogP contribution in [0, 0.1) is 20.8 Å². The number of H-pyrrole nitrogens is 1. The lowest BCUT2D eigenvalue weighted by Crippen LogP contribution is -2.32. The predicted molar refractivity (Wildman–Crippen MR) is 130 cm³/mol. The quantitative estimate of drug-likeness (QED) is 0.455. The van der Waals surface area contributed by atoms with Crippen LogP contribution in [0.4, 0.5) is 5.95 Å². The summed E-state index contributed by atoms with van der Waals surface area (Å²) in [6.45, 7) is 8.17. The molecule has 0 aliphatic heterocycles. The number of unbranched alkanes of at least 4 members (excludes halogenated alkanes) is 1.